The summed E-state index contributed by atoms with van der Waals surface area (Å²) in [5, 5.41) is 12.5. The lowest BCUT2D eigenvalue weighted by Crippen LogP contribution is -2.13. The lowest BCUT2D eigenvalue weighted by atomic mass is 10.1. The normalized spacial score (nSPS) is 10.8. The first-order chi connectivity index (χ1) is 18.6. The van der Waals surface area contributed by atoms with Gasteiger partial charge in [0.15, 0.2) is 0 Å². The molecule has 0 aliphatic rings. The number of anilines is 1. The van der Waals surface area contributed by atoms with E-state index < -0.39 is 5.91 Å². The van der Waals surface area contributed by atoms with Crippen LogP contribution in [0.15, 0.2) is 107 Å². The molecule has 0 atom stereocenters. The number of hydrogen-bond donors (Lipinski definition) is 1. The van der Waals surface area contributed by atoms with Crippen LogP contribution in [0.5, 0.6) is 17.2 Å². The van der Waals surface area contributed by atoms with Crippen molar-refractivity contribution in [3.05, 3.63) is 124 Å². The predicted octanol–water partition coefficient (Wildman–Crippen LogP) is 7.16. The molecular weight excluding hydrogens is 544 g/mol. The maximum atomic E-state index is 12.9. The third-order valence-corrected chi connectivity index (χ3v) is 6.36. The van der Waals surface area contributed by atoms with Gasteiger partial charge in [-0.05, 0) is 54.1 Å². The average Bonchev–Trinajstić information content (AvgIpc) is 2.96. The van der Waals surface area contributed by atoms with Crippen molar-refractivity contribution >= 4 is 33.6 Å². The zero-order chi connectivity index (χ0) is 26.7. The van der Waals surface area contributed by atoms with Gasteiger partial charge in [0, 0.05) is 27.4 Å². The van der Waals surface area contributed by atoms with Crippen LogP contribution in [0.25, 0.3) is 6.08 Å². The molecule has 0 aromatic heterocycles. The number of methoxy groups -OCH3 is 1. The molecule has 0 heterocycles. The van der Waals surface area contributed by atoms with Gasteiger partial charge in [0.1, 0.15) is 42.1 Å². The second kappa shape index (κ2) is 13.1. The molecule has 0 radical (unpaired) electrons. The fourth-order valence-corrected chi connectivity index (χ4v) is 3.93. The van der Waals surface area contributed by atoms with E-state index in [4.69, 9.17) is 14.2 Å². The first-order valence-electron chi connectivity index (χ1n) is 11.8. The number of carbonyl (C=O) groups excluding carboxylic acids is 1. The minimum absolute atomic E-state index is 0.0645. The summed E-state index contributed by atoms with van der Waals surface area (Å²) in [6.07, 6.45) is 1.50. The first kappa shape index (κ1) is 26.5. The van der Waals surface area contributed by atoms with Gasteiger partial charge in [-0.25, -0.2) is 0 Å². The lowest BCUT2D eigenvalue weighted by molar-refractivity contribution is -0.112. The van der Waals surface area contributed by atoms with Crippen LogP contribution in [0.3, 0.4) is 0 Å². The summed E-state index contributed by atoms with van der Waals surface area (Å²) in [5.41, 5.74) is 3.08. The molecule has 38 heavy (non-hydrogen) atoms. The van der Waals surface area contributed by atoms with Gasteiger partial charge in [-0.15, -0.1) is 0 Å². The van der Waals surface area contributed by atoms with Crippen LogP contribution in [0.1, 0.15) is 16.7 Å². The number of nitrogens with zero attached hydrogens (tertiary/aromatic N) is 1. The van der Waals surface area contributed by atoms with Crippen LogP contribution in [0.2, 0.25) is 0 Å². The Kier molecular flexibility index (Phi) is 9.17. The summed E-state index contributed by atoms with van der Waals surface area (Å²) in [4.78, 5) is 12.9. The molecule has 0 spiro atoms. The van der Waals surface area contributed by atoms with Crippen LogP contribution >= 0.6 is 15.9 Å². The van der Waals surface area contributed by atoms with E-state index in [0.29, 0.717) is 41.7 Å². The second-order valence-electron chi connectivity index (χ2n) is 8.21. The van der Waals surface area contributed by atoms with E-state index in [1.165, 1.54) is 6.08 Å². The van der Waals surface area contributed by atoms with Crippen LogP contribution in [-0.2, 0) is 18.0 Å². The molecule has 0 fully saturated rings. The maximum absolute atomic E-state index is 12.9. The number of amides is 1. The molecule has 0 saturated carbocycles. The van der Waals surface area contributed by atoms with Crippen molar-refractivity contribution in [2.45, 2.75) is 13.2 Å². The number of hydrogen-bond acceptors (Lipinski definition) is 5. The standard InChI is InChI=1S/C31H25BrN2O4/c1-36-28-14-11-23(30(18-28)38-21-24-9-5-6-10-29(24)32)17-25(19-33)31(35)34-26-12-15-27(16-13-26)37-20-22-7-3-2-4-8-22/h2-18H,20-21H2,1H3,(H,34,35)/b25-17+. The number of halogens is 1. The van der Waals surface area contributed by atoms with Gasteiger partial charge in [0.25, 0.3) is 5.91 Å². The highest BCUT2D eigenvalue weighted by molar-refractivity contribution is 9.10. The lowest BCUT2D eigenvalue weighted by Gasteiger charge is -2.13. The average molecular weight is 569 g/mol. The third-order valence-electron chi connectivity index (χ3n) is 5.59. The van der Waals surface area contributed by atoms with Crippen molar-refractivity contribution in [2.75, 3.05) is 12.4 Å². The van der Waals surface area contributed by atoms with Crippen LogP contribution < -0.4 is 19.5 Å². The largest absolute Gasteiger partial charge is 0.497 e. The predicted molar refractivity (Wildman–Crippen MR) is 151 cm³/mol. The summed E-state index contributed by atoms with van der Waals surface area (Å²) >= 11 is 3.52. The highest BCUT2D eigenvalue weighted by atomic mass is 79.9. The van der Waals surface area contributed by atoms with Gasteiger partial charge in [-0.2, -0.15) is 5.26 Å². The molecule has 1 N–H and O–H groups in total. The number of carbonyl (C=O) groups is 1. The Hall–Kier alpha value is -4.54. The third kappa shape index (κ3) is 7.25. The molecule has 0 unspecified atom stereocenters. The summed E-state index contributed by atoms with van der Waals surface area (Å²) in [5.74, 6) is 1.23. The van der Waals surface area contributed by atoms with Gasteiger partial charge in [-0.3, -0.25) is 4.79 Å². The summed E-state index contributed by atoms with van der Waals surface area (Å²) in [7, 11) is 1.56. The monoisotopic (exact) mass is 568 g/mol. The Bertz CT molecular complexity index is 1460. The van der Waals surface area contributed by atoms with E-state index in [9.17, 15) is 10.1 Å². The van der Waals surface area contributed by atoms with Crippen LogP contribution in [0.4, 0.5) is 5.69 Å². The second-order valence-corrected chi connectivity index (χ2v) is 9.06. The first-order valence-corrected chi connectivity index (χ1v) is 12.6. The van der Waals surface area contributed by atoms with Crippen LogP contribution in [0, 0.1) is 11.3 Å². The highest BCUT2D eigenvalue weighted by Gasteiger charge is 2.13. The van der Waals surface area contributed by atoms with Gasteiger partial charge in [-0.1, -0.05) is 64.5 Å². The van der Waals surface area contributed by atoms with E-state index in [-0.39, 0.29) is 5.57 Å². The number of nitrogens with one attached hydrogen (secondary N) is 1. The Morgan fingerprint density at radius 1 is 0.895 bits per heavy atom. The Balaban J connectivity index is 1.45. The topological polar surface area (TPSA) is 80.6 Å². The van der Waals surface area contributed by atoms with E-state index in [2.05, 4.69) is 21.2 Å². The molecule has 7 heteroatoms. The molecule has 0 aliphatic carbocycles. The van der Waals surface area contributed by atoms with Crippen molar-refractivity contribution in [2.24, 2.45) is 0 Å². The summed E-state index contributed by atoms with van der Waals surface area (Å²) in [6.45, 7) is 0.740. The zero-order valence-electron chi connectivity index (χ0n) is 20.7. The number of nitriles is 1. The molecule has 4 aromatic rings. The summed E-state index contributed by atoms with van der Waals surface area (Å²) in [6, 6.07) is 31.8. The van der Waals surface area contributed by atoms with Crippen molar-refractivity contribution in [3.8, 4) is 23.3 Å². The molecule has 190 valence electrons. The van der Waals surface area contributed by atoms with Crippen molar-refractivity contribution < 1.29 is 19.0 Å². The highest BCUT2D eigenvalue weighted by Crippen LogP contribution is 2.29. The molecule has 4 rings (SSSR count). The quantitative estimate of drug-likeness (QED) is 0.162. The minimum atomic E-state index is -0.530. The molecule has 6 nitrogen and oxygen atoms in total. The number of ether oxygens (including phenoxy) is 3. The molecule has 4 aromatic carbocycles. The molecule has 0 bridgehead atoms. The van der Waals surface area contributed by atoms with E-state index >= 15 is 0 Å². The molecule has 0 aliphatic heterocycles. The van der Waals surface area contributed by atoms with E-state index in [1.54, 1.807) is 49.6 Å². The van der Waals surface area contributed by atoms with Gasteiger partial charge in [0.05, 0.1) is 7.11 Å². The zero-order valence-corrected chi connectivity index (χ0v) is 22.3. The van der Waals surface area contributed by atoms with Gasteiger partial charge in [0.2, 0.25) is 0 Å². The Morgan fingerprint density at radius 3 is 2.32 bits per heavy atom. The maximum Gasteiger partial charge on any atom is 0.266 e. The van der Waals surface area contributed by atoms with Gasteiger partial charge < -0.3 is 19.5 Å². The summed E-state index contributed by atoms with van der Waals surface area (Å²) < 4.78 is 18.1. The van der Waals surface area contributed by atoms with E-state index in [1.807, 2.05) is 60.7 Å². The molecular formula is C31H25BrN2O4. The van der Waals surface area contributed by atoms with Crippen molar-refractivity contribution in [3.63, 3.8) is 0 Å². The van der Waals surface area contributed by atoms with Crippen molar-refractivity contribution in [1.82, 2.24) is 0 Å². The number of rotatable bonds is 10. The van der Waals surface area contributed by atoms with Gasteiger partial charge >= 0.3 is 0 Å². The van der Waals surface area contributed by atoms with E-state index in [0.717, 1.165) is 15.6 Å². The fourth-order valence-electron chi connectivity index (χ4n) is 3.53. The Morgan fingerprint density at radius 2 is 1.61 bits per heavy atom. The SMILES string of the molecule is COc1ccc(/C=C(\C#N)C(=O)Nc2ccc(OCc3ccccc3)cc2)c(OCc2ccccc2Br)c1. The Labute approximate surface area is 230 Å². The smallest absolute Gasteiger partial charge is 0.266 e. The fraction of sp³-hybridized carbons (Fsp3) is 0.0968. The molecule has 1 amide bonds. The number of benzene rings is 4. The molecule has 0 saturated heterocycles. The minimum Gasteiger partial charge on any atom is -0.497 e. The van der Waals surface area contributed by atoms with Crippen molar-refractivity contribution in [1.29, 1.82) is 5.26 Å². The van der Waals surface area contributed by atoms with Crippen LogP contribution in [-0.4, -0.2) is 13.0 Å².